The quantitative estimate of drug-likeness (QED) is 0.520. The monoisotopic (exact) mass is 403 g/mol. The van der Waals surface area contributed by atoms with Crippen LogP contribution < -0.4 is 0 Å². The van der Waals surface area contributed by atoms with Crippen molar-refractivity contribution in [3.63, 3.8) is 0 Å². The van der Waals surface area contributed by atoms with E-state index in [-0.39, 0.29) is 11.8 Å². The van der Waals surface area contributed by atoms with Gasteiger partial charge in [0.2, 0.25) is 5.91 Å². The van der Waals surface area contributed by atoms with Crippen LogP contribution >= 0.6 is 11.3 Å². The maximum Gasteiger partial charge on any atom is 0.227 e. The van der Waals surface area contributed by atoms with Crippen molar-refractivity contribution in [2.24, 2.45) is 0 Å². The van der Waals surface area contributed by atoms with E-state index in [1.807, 2.05) is 62.9 Å². The van der Waals surface area contributed by atoms with Crippen LogP contribution in [-0.2, 0) is 11.2 Å². The van der Waals surface area contributed by atoms with E-state index in [0.29, 0.717) is 13.0 Å². The molecular formula is C22H21N5OS. The summed E-state index contributed by atoms with van der Waals surface area (Å²) < 4.78 is 1.84. The van der Waals surface area contributed by atoms with Gasteiger partial charge >= 0.3 is 0 Å². The molecule has 29 heavy (non-hydrogen) atoms. The molecule has 4 aromatic rings. The Morgan fingerprint density at radius 3 is 3.00 bits per heavy atom. The summed E-state index contributed by atoms with van der Waals surface area (Å²) in [7, 11) is 0. The molecule has 0 bridgehead atoms. The average Bonchev–Trinajstić information content (AvgIpc) is 3.43. The largest absolute Gasteiger partial charge is 0.342 e. The van der Waals surface area contributed by atoms with Gasteiger partial charge < -0.3 is 4.90 Å². The minimum atomic E-state index is 0.178. The Kier molecular flexibility index (Phi) is 4.81. The fourth-order valence-corrected chi connectivity index (χ4v) is 4.54. The second-order valence-electron chi connectivity index (χ2n) is 7.42. The first-order chi connectivity index (χ1) is 14.3. The van der Waals surface area contributed by atoms with E-state index in [1.165, 1.54) is 0 Å². The third-order valence-corrected chi connectivity index (χ3v) is 6.15. The molecule has 1 aliphatic heterocycles. The Hall–Kier alpha value is -3.06. The van der Waals surface area contributed by atoms with Gasteiger partial charge in [0, 0.05) is 48.7 Å². The second-order valence-corrected chi connectivity index (χ2v) is 8.20. The summed E-state index contributed by atoms with van der Waals surface area (Å²) in [4.78, 5) is 23.6. The number of pyridine rings is 2. The van der Waals surface area contributed by atoms with Gasteiger partial charge in [-0.25, -0.2) is 9.50 Å². The Morgan fingerprint density at radius 2 is 2.17 bits per heavy atom. The lowest BCUT2D eigenvalue weighted by molar-refractivity contribution is -0.131. The highest BCUT2D eigenvalue weighted by Crippen LogP contribution is 2.26. The minimum absolute atomic E-state index is 0.178. The van der Waals surface area contributed by atoms with Crippen LogP contribution in [0.3, 0.4) is 0 Å². The highest BCUT2D eigenvalue weighted by Gasteiger charge is 2.27. The van der Waals surface area contributed by atoms with Crippen molar-refractivity contribution in [3.05, 3.63) is 71.1 Å². The summed E-state index contributed by atoms with van der Waals surface area (Å²) in [5.41, 5.74) is 4.03. The second kappa shape index (κ2) is 7.75. The molecule has 5 rings (SSSR count). The van der Waals surface area contributed by atoms with Crippen LogP contribution in [0.4, 0.5) is 0 Å². The number of aromatic nitrogens is 4. The summed E-state index contributed by atoms with van der Waals surface area (Å²) in [5, 5.41) is 8.80. The van der Waals surface area contributed by atoms with Gasteiger partial charge in [-0.05, 0) is 53.4 Å². The number of hydrogen-bond donors (Lipinski definition) is 0. The number of likely N-dealkylation sites (tertiary alicyclic amines) is 1. The molecule has 1 fully saturated rings. The van der Waals surface area contributed by atoms with Crippen molar-refractivity contribution < 1.29 is 4.79 Å². The van der Waals surface area contributed by atoms with Gasteiger partial charge in [0.25, 0.3) is 0 Å². The molecule has 1 saturated heterocycles. The Bertz CT molecular complexity index is 1120. The maximum atomic E-state index is 12.7. The van der Waals surface area contributed by atoms with Crippen LogP contribution in [0.25, 0.3) is 16.8 Å². The lowest BCUT2D eigenvalue weighted by atomic mass is 9.97. The Morgan fingerprint density at radius 1 is 1.21 bits per heavy atom. The molecule has 146 valence electrons. The Labute approximate surface area is 172 Å². The van der Waals surface area contributed by atoms with Crippen LogP contribution in [-0.4, -0.2) is 43.5 Å². The normalized spacial score (nSPS) is 17.0. The number of carbonyl (C=O) groups excluding carboxylic acids is 1. The highest BCUT2D eigenvalue weighted by molar-refractivity contribution is 7.08. The van der Waals surface area contributed by atoms with Gasteiger partial charge in [-0.3, -0.25) is 9.78 Å². The number of piperidine rings is 1. The van der Waals surface area contributed by atoms with Gasteiger partial charge in [0.1, 0.15) is 0 Å². The lowest BCUT2D eigenvalue weighted by Crippen LogP contribution is -2.40. The van der Waals surface area contributed by atoms with Gasteiger partial charge in [0.05, 0.1) is 6.42 Å². The first-order valence-electron chi connectivity index (χ1n) is 9.82. The SMILES string of the molecule is O=C(Cc1ccsc1)N1CCCC(c2nc3ccc(-c4cccnc4)cn3n2)C1. The molecule has 0 spiro atoms. The molecule has 0 saturated carbocycles. The average molecular weight is 404 g/mol. The van der Waals surface area contributed by atoms with E-state index in [9.17, 15) is 4.79 Å². The topological polar surface area (TPSA) is 63.4 Å². The molecule has 0 radical (unpaired) electrons. The number of amides is 1. The van der Waals surface area contributed by atoms with E-state index in [1.54, 1.807) is 17.5 Å². The fraction of sp³-hybridized carbons (Fsp3) is 0.273. The number of fused-ring (bicyclic) bond motifs is 1. The molecule has 1 atom stereocenters. The molecule has 0 aliphatic carbocycles. The number of hydrogen-bond acceptors (Lipinski definition) is 5. The Balaban J connectivity index is 1.35. The summed E-state index contributed by atoms with van der Waals surface area (Å²) in [6, 6.07) is 10.0. The van der Waals surface area contributed by atoms with Crippen LogP contribution in [0, 0.1) is 0 Å². The number of thiophene rings is 1. The first kappa shape index (κ1) is 18.0. The standard InChI is InChI=1S/C22H21N5OS/c28-21(11-16-7-10-29-15-16)26-9-2-4-19(13-26)22-24-20-6-5-18(14-27(20)25-22)17-3-1-8-23-12-17/h1,3,5-8,10,12,14-15,19H,2,4,9,11,13H2. The van der Waals surface area contributed by atoms with E-state index in [4.69, 9.17) is 10.1 Å². The van der Waals surface area contributed by atoms with Crippen molar-refractivity contribution >= 4 is 22.9 Å². The van der Waals surface area contributed by atoms with Gasteiger partial charge in [-0.1, -0.05) is 6.07 Å². The predicted octanol–water partition coefficient (Wildman–Crippen LogP) is 3.80. The zero-order valence-corrected chi connectivity index (χ0v) is 16.8. The van der Waals surface area contributed by atoms with Crippen LogP contribution in [0.15, 0.2) is 59.7 Å². The van der Waals surface area contributed by atoms with Crippen molar-refractivity contribution in [1.82, 2.24) is 24.5 Å². The van der Waals surface area contributed by atoms with Gasteiger partial charge in [-0.15, -0.1) is 0 Å². The molecule has 1 unspecified atom stereocenters. The molecule has 4 aromatic heterocycles. The number of nitrogens with zero attached hydrogens (tertiary/aromatic N) is 5. The predicted molar refractivity (Wildman–Crippen MR) is 113 cm³/mol. The molecule has 0 N–H and O–H groups in total. The maximum absolute atomic E-state index is 12.7. The molecule has 1 aliphatic rings. The third kappa shape index (κ3) is 3.78. The van der Waals surface area contributed by atoms with Crippen molar-refractivity contribution in [2.45, 2.75) is 25.2 Å². The molecular weight excluding hydrogens is 382 g/mol. The molecule has 0 aromatic carbocycles. The molecule has 7 heteroatoms. The van der Waals surface area contributed by atoms with Gasteiger partial charge in [0.15, 0.2) is 11.5 Å². The first-order valence-corrected chi connectivity index (χ1v) is 10.8. The minimum Gasteiger partial charge on any atom is -0.342 e. The zero-order valence-electron chi connectivity index (χ0n) is 15.9. The summed E-state index contributed by atoms with van der Waals surface area (Å²) in [5.74, 6) is 1.19. The summed E-state index contributed by atoms with van der Waals surface area (Å²) in [6.07, 6.45) is 8.07. The van der Waals surface area contributed by atoms with Crippen molar-refractivity contribution in [2.75, 3.05) is 13.1 Å². The van der Waals surface area contributed by atoms with Crippen LogP contribution in [0.5, 0.6) is 0 Å². The third-order valence-electron chi connectivity index (χ3n) is 5.42. The molecule has 1 amide bonds. The van der Waals surface area contributed by atoms with Crippen molar-refractivity contribution in [3.8, 4) is 11.1 Å². The van der Waals surface area contributed by atoms with E-state index in [2.05, 4.69) is 4.98 Å². The van der Waals surface area contributed by atoms with Crippen LogP contribution in [0.2, 0.25) is 0 Å². The number of rotatable bonds is 4. The molecule has 6 nitrogen and oxygen atoms in total. The smallest absolute Gasteiger partial charge is 0.227 e. The fourth-order valence-electron chi connectivity index (χ4n) is 3.87. The zero-order chi connectivity index (χ0) is 19.6. The van der Waals surface area contributed by atoms with E-state index < -0.39 is 0 Å². The highest BCUT2D eigenvalue weighted by atomic mass is 32.1. The van der Waals surface area contributed by atoms with E-state index in [0.717, 1.165) is 47.5 Å². The lowest BCUT2D eigenvalue weighted by Gasteiger charge is -2.31. The summed E-state index contributed by atoms with van der Waals surface area (Å²) in [6.45, 7) is 1.51. The molecule has 5 heterocycles. The van der Waals surface area contributed by atoms with Gasteiger partial charge in [-0.2, -0.15) is 16.4 Å². The van der Waals surface area contributed by atoms with E-state index >= 15 is 0 Å². The number of carbonyl (C=O) groups is 1. The van der Waals surface area contributed by atoms with Crippen molar-refractivity contribution in [1.29, 1.82) is 0 Å². The van der Waals surface area contributed by atoms with Crippen LogP contribution in [0.1, 0.15) is 30.1 Å². The summed E-state index contributed by atoms with van der Waals surface area (Å²) >= 11 is 1.63.